The minimum atomic E-state index is -0.675. The van der Waals surface area contributed by atoms with E-state index in [2.05, 4.69) is 26.3 Å². The highest BCUT2D eigenvalue weighted by atomic mass is 16.5. The summed E-state index contributed by atoms with van der Waals surface area (Å²) in [6.45, 7) is 8.37. The minimum Gasteiger partial charge on any atom is -0.378 e. The average Bonchev–Trinajstić information content (AvgIpc) is 2.72. The third-order valence-corrected chi connectivity index (χ3v) is 4.53. The van der Waals surface area contributed by atoms with E-state index in [9.17, 15) is 4.79 Å². The van der Waals surface area contributed by atoms with Gasteiger partial charge in [0.2, 0.25) is 11.9 Å². The van der Waals surface area contributed by atoms with E-state index >= 15 is 0 Å². The zero-order chi connectivity index (χ0) is 22.4. The van der Waals surface area contributed by atoms with Crippen LogP contribution in [-0.2, 0) is 14.3 Å². The molecular weight excluding hydrogens is 396 g/mol. The van der Waals surface area contributed by atoms with Gasteiger partial charge in [-0.1, -0.05) is 12.1 Å². The first kappa shape index (κ1) is 22.5. The number of hydrogen-bond donors (Lipinski definition) is 2. The Morgan fingerprint density at radius 2 is 1.97 bits per heavy atom. The lowest BCUT2D eigenvalue weighted by Gasteiger charge is -2.30. The summed E-state index contributed by atoms with van der Waals surface area (Å²) in [7, 11) is 0. The van der Waals surface area contributed by atoms with Gasteiger partial charge < -0.3 is 25.4 Å². The Morgan fingerprint density at radius 3 is 2.55 bits per heavy atom. The number of morpholine rings is 1. The Labute approximate surface area is 182 Å². The normalized spacial score (nSPS) is 15.2. The first-order valence-electron chi connectivity index (χ1n) is 10.2. The Bertz CT molecular complexity index is 943. The predicted molar refractivity (Wildman–Crippen MR) is 117 cm³/mol. The number of benzene rings is 1. The van der Waals surface area contributed by atoms with Gasteiger partial charge in [0.05, 0.1) is 42.6 Å². The molecule has 3 N–H and O–H groups in total. The molecule has 0 aliphatic carbocycles. The van der Waals surface area contributed by atoms with Crippen LogP contribution in [0.4, 0.5) is 11.8 Å². The van der Waals surface area contributed by atoms with E-state index < -0.39 is 17.7 Å². The van der Waals surface area contributed by atoms with Crippen molar-refractivity contribution in [3.05, 3.63) is 35.9 Å². The van der Waals surface area contributed by atoms with Crippen molar-refractivity contribution in [2.24, 2.45) is 5.73 Å². The second kappa shape index (κ2) is 9.73. The van der Waals surface area contributed by atoms with Crippen LogP contribution in [0.2, 0.25) is 0 Å². The molecule has 0 spiro atoms. The van der Waals surface area contributed by atoms with Crippen molar-refractivity contribution in [1.82, 2.24) is 9.97 Å². The summed E-state index contributed by atoms with van der Waals surface area (Å²) in [6, 6.07) is 11.2. The fraction of sp³-hybridized carbons (Fsp3) is 0.455. The molecule has 1 aromatic carbocycles. The summed E-state index contributed by atoms with van der Waals surface area (Å²) in [5.74, 6) is 0.589. The van der Waals surface area contributed by atoms with Crippen molar-refractivity contribution in [3.63, 3.8) is 0 Å². The van der Waals surface area contributed by atoms with Crippen LogP contribution in [0, 0.1) is 11.3 Å². The number of primary amides is 1. The predicted octanol–water partition coefficient (Wildman–Crippen LogP) is 2.28. The molecule has 164 valence electrons. The number of hydrogen-bond acceptors (Lipinski definition) is 8. The highest BCUT2D eigenvalue weighted by Gasteiger charge is 2.23. The molecule has 2 aromatic rings. The highest BCUT2D eigenvalue weighted by Crippen LogP contribution is 2.25. The zero-order valence-corrected chi connectivity index (χ0v) is 18.1. The van der Waals surface area contributed by atoms with Crippen molar-refractivity contribution in [3.8, 4) is 17.3 Å². The SMILES string of the molecule is CC(C)(C)OC(CC(N)=O)Nc1nc(-c2ccc(C#N)cc2)cc(N2CCOCC2)n1. The van der Waals surface area contributed by atoms with Gasteiger partial charge in [0.1, 0.15) is 12.0 Å². The van der Waals surface area contributed by atoms with Gasteiger partial charge in [0.15, 0.2) is 0 Å². The Balaban J connectivity index is 1.96. The summed E-state index contributed by atoms with van der Waals surface area (Å²) in [5.41, 5.74) is 7.03. The molecule has 0 radical (unpaired) electrons. The molecule has 31 heavy (non-hydrogen) atoms. The maximum absolute atomic E-state index is 11.6. The van der Waals surface area contributed by atoms with Gasteiger partial charge in [-0.25, -0.2) is 4.98 Å². The van der Waals surface area contributed by atoms with E-state index in [0.717, 1.165) is 11.4 Å². The van der Waals surface area contributed by atoms with Crippen molar-refractivity contribution in [1.29, 1.82) is 5.26 Å². The molecule has 1 fully saturated rings. The number of carbonyl (C=O) groups excluding carboxylic acids is 1. The van der Waals surface area contributed by atoms with E-state index in [1.165, 1.54) is 0 Å². The van der Waals surface area contributed by atoms with Crippen LogP contribution >= 0.6 is 0 Å². The zero-order valence-electron chi connectivity index (χ0n) is 18.1. The summed E-state index contributed by atoms with van der Waals surface area (Å²) >= 11 is 0. The molecule has 2 heterocycles. The number of nitrogens with zero attached hydrogens (tertiary/aromatic N) is 4. The Kier molecular flexibility index (Phi) is 7.05. The van der Waals surface area contributed by atoms with Gasteiger partial charge in [-0.05, 0) is 32.9 Å². The lowest BCUT2D eigenvalue weighted by atomic mass is 10.1. The van der Waals surface area contributed by atoms with Crippen molar-refractivity contribution >= 4 is 17.7 Å². The van der Waals surface area contributed by atoms with Gasteiger partial charge in [-0.15, -0.1) is 0 Å². The minimum absolute atomic E-state index is 0.0192. The van der Waals surface area contributed by atoms with Crippen LogP contribution < -0.4 is 16.0 Å². The number of nitrogens with one attached hydrogen (secondary N) is 1. The van der Waals surface area contributed by atoms with Crippen LogP contribution in [0.1, 0.15) is 32.8 Å². The maximum atomic E-state index is 11.6. The van der Waals surface area contributed by atoms with Gasteiger partial charge >= 0.3 is 0 Å². The average molecular weight is 425 g/mol. The molecular formula is C22H28N6O3. The van der Waals surface area contributed by atoms with Gasteiger partial charge in [0.25, 0.3) is 0 Å². The number of rotatable bonds is 7. The molecule has 1 aromatic heterocycles. The molecule has 0 bridgehead atoms. The lowest BCUT2D eigenvalue weighted by molar-refractivity contribution is -0.123. The highest BCUT2D eigenvalue weighted by molar-refractivity contribution is 5.74. The van der Waals surface area contributed by atoms with Crippen LogP contribution in [-0.4, -0.2) is 54.0 Å². The molecule has 1 aliphatic heterocycles. The third kappa shape index (κ3) is 6.64. The molecule has 1 saturated heterocycles. The molecule has 9 heteroatoms. The van der Waals surface area contributed by atoms with E-state index in [1.807, 2.05) is 39.0 Å². The van der Waals surface area contributed by atoms with Crippen LogP contribution in [0.25, 0.3) is 11.3 Å². The molecule has 1 amide bonds. The van der Waals surface area contributed by atoms with E-state index in [-0.39, 0.29) is 6.42 Å². The largest absolute Gasteiger partial charge is 0.378 e. The van der Waals surface area contributed by atoms with Crippen molar-refractivity contribution in [2.45, 2.75) is 39.0 Å². The van der Waals surface area contributed by atoms with Crippen LogP contribution in [0.3, 0.4) is 0 Å². The summed E-state index contributed by atoms with van der Waals surface area (Å²) in [4.78, 5) is 23.0. The summed E-state index contributed by atoms with van der Waals surface area (Å²) in [5, 5.41) is 12.2. The molecule has 9 nitrogen and oxygen atoms in total. The maximum Gasteiger partial charge on any atom is 0.227 e. The number of ether oxygens (including phenoxy) is 2. The smallest absolute Gasteiger partial charge is 0.227 e. The fourth-order valence-electron chi connectivity index (χ4n) is 3.19. The fourth-order valence-corrected chi connectivity index (χ4v) is 3.19. The lowest BCUT2D eigenvalue weighted by Crippen LogP contribution is -2.38. The first-order chi connectivity index (χ1) is 14.7. The Hall–Kier alpha value is -3.22. The Morgan fingerprint density at radius 1 is 1.29 bits per heavy atom. The second-order valence-corrected chi connectivity index (χ2v) is 8.26. The van der Waals surface area contributed by atoms with Gasteiger partial charge in [-0.2, -0.15) is 10.2 Å². The third-order valence-electron chi connectivity index (χ3n) is 4.53. The summed E-state index contributed by atoms with van der Waals surface area (Å²) in [6.07, 6.45) is -0.694. The number of nitrogens with two attached hydrogens (primary N) is 1. The number of amides is 1. The van der Waals surface area contributed by atoms with Crippen molar-refractivity contribution in [2.75, 3.05) is 36.5 Å². The van der Waals surface area contributed by atoms with Crippen LogP contribution in [0.15, 0.2) is 30.3 Å². The van der Waals surface area contributed by atoms with Gasteiger partial charge in [-0.3, -0.25) is 4.79 Å². The number of aromatic nitrogens is 2. The molecule has 1 unspecified atom stereocenters. The quantitative estimate of drug-likeness (QED) is 0.648. The van der Waals surface area contributed by atoms with Gasteiger partial charge in [0, 0.05) is 24.7 Å². The number of carbonyl (C=O) groups is 1. The molecule has 1 atom stereocenters. The standard InChI is InChI=1S/C22H28N6O3/c1-22(2,3)31-20(13-18(24)29)27-21-25-17(16-6-4-15(14-23)5-7-16)12-19(26-21)28-8-10-30-11-9-28/h4-7,12,20H,8-11,13H2,1-3H3,(H2,24,29)(H,25,26,27). The monoisotopic (exact) mass is 424 g/mol. The number of nitriles is 1. The second-order valence-electron chi connectivity index (χ2n) is 8.26. The van der Waals surface area contributed by atoms with E-state index in [4.69, 9.17) is 20.5 Å². The van der Waals surface area contributed by atoms with Crippen LogP contribution in [0.5, 0.6) is 0 Å². The molecule has 1 aliphatic rings. The molecule has 0 saturated carbocycles. The topological polar surface area (TPSA) is 126 Å². The first-order valence-corrected chi connectivity index (χ1v) is 10.2. The summed E-state index contributed by atoms with van der Waals surface area (Å²) < 4.78 is 11.4. The van der Waals surface area contributed by atoms with Crippen molar-refractivity contribution < 1.29 is 14.3 Å². The van der Waals surface area contributed by atoms with E-state index in [1.54, 1.807) is 12.1 Å². The van der Waals surface area contributed by atoms with E-state index in [0.29, 0.717) is 43.5 Å². The molecule has 3 rings (SSSR count). The number of anilines is 2.